The standard InChI is InChI=1S/C23H24N2O3S/c1-27-20-8-11-22(28-2)18(14-20)5-12-23(26)25-19-6-9-21(10-7-19)29-16-17-4-3-13-24-15-17/h3-4,6-11,13-15H,5,12,16H2,1-2H3,(H,25,26). The summed E-state index contributed by atoms with van der Waals surface area (Å²) in [7, 11) is 3.25. The van der Waals surface area contributed by atoms with Gasteiger partial charge in [-0.25, -0.2) is 0 Å². The second-order valence-corrected chi connectivity index (χ2v) is 7.45. The molecule has 5 nitrogen and oxygen atoms in total. The molecule has 0 bridgehead atoms. The van der Waals surface area contributed by atoms with Crippen LogP contribution >= 0.6 is 11.8 Å². The summed E-state index contributed by atoms with van der Waals surface area (Å²) in [5.41, 5.74) is 2.92. The van der Waals surface area contributed by atoms with Crippen molar-refractivity contribution in [1.82, 2.24) is 4.98 Å². The number of carbonyl (C=O) groups is 1. The van der Waals surface area contributed by atoms with Crippen molar-refractivity contribution in [2.75, 3.05) is 19.5 Å². The van der Waals surface area contributed by atoms with Gasteiger partial charge in [-0.1, -0.05) is 6.07 Å². The van der Waals surface area contributed by atoms with Crippen molar-refractivity contribution in [2.24, 2.45) is 0 Å². The van der Waals surface area contributed by atoms with Crippen LogP contribution in [0.2, 0.25) is 0 Å². The van der Waals surface area contributed by atoms with Gasteiger partial charge in [-0.15, -0.1) is 11.8 Å². The fraction of sp³-hybridized carbons (Fsp3) is 0.217. The summed E-state index contributed by atoms with van der Waals surface area (Å²) >= 11 is 1.74. The van der Waals surface area contributed by atoms with Crippen LogP contribution in [0, 0.1) is 0 Å². The highest BCUT2D eigenvalue weighted by Gasteiger charge is 2.09. The SMILES string of the molecule is COc1ccc(OC)c(CCC(=O)Nc2ccc(SCc3cccnc3)cc2)c1. The quantitative estimate of drug-likeness (QED) is 0.507. The van der Waals surface area contributed by atoms with Crippen LogP contribution in [0.3, 0.4) is 0 Å². The number of thioether (sulfide) groups is 1. The molecule has 0 saturated carbocycles. The van der Waals surface area contributed by atoms with Gasteiger partial charge in [0.2, 0.25) is 5.91 Å². The van der Waals surface area contributed by atoms with Gasteiger partial charge in [-0.2, -0.15) is 0 Å². The third-order valence-electron chi connectivity index (χ3n) is 4.38. The summed E-state index contributed by atoms with van der Waals surface area (Å²) < 4.78 is 10.6. The molecule has 0 fully saturated rings. The van der Waals surface area contributed by atoms with Crippen molar-refractivity contribution < 1.29 is 14.3 Å². The van der Waals surface area contributed by atoms with Crippen LogP contribution in [0.1, 0.15) is 17.5 Å². The summed E-state index contributed by atoms with van der Waals surface area (Å²) in [6.45, 7) is 0. The molecular weight excluding hydrogens is 384 g/mol. The lowest BCUT2D eigenvalue weighted by atomic mass is 10.1. The molecule has 1 N–H and O–H groups in total. The first-order valence-electron chi connectivity index (χ1n) is 9.30. The molecule has 0 spiro atoms. The molecule has 6 heteroatoms. The summed E-state index contributed by atoms with van der Waals surface area (Å²) in [5, 5.41) is 2.95. The molecule has 150 valence electrons. The minimum atomic E-state index is -0.0364. The van der Waals surface area contributed by atoms with Crippen LogP contribution in [0.25, 0.3) is 0 Å². The van der Waals surface area contributed by atoms with E-state index in [-0.39, 0.29) is 5.91 Å². The number of methoxy groups -OCH3 is 2. The number of benzene rings is 2. The second-order valence-electron chi connectivity index (χ2n) is 6.40. The highest BCUT2D eigenvalue weighted by atomic mass is 32.2. The molecule has 0 aliphatic heterocycles. The maximum Gasteiger partial charge on any atom is 0.224 e. The summed E-state index contributed by atoms with van der Waals surface area (Å²) in [4.78, 5) is 17.6. The van der Waals surface area contributed by atoms with E-state index >= 15 is 0 Å². The maximum absolute atomic E-state index is 12.3. The number of hydrogen-bond acceptors (Lipinski definition) is 5. The van der Waals surface area contributed by atoms with Gasteiger partial charge in [0, 0.05) is 35.2 Å². The Bertz CT molecular complexity index is 931. The number of hydrogen-bond donors (Lipinski definition) is 1. The number of anilines is 1. The van der Waals surface area contributed by atoms with Crippen LogP contribution in [0.4, 0.5) is 5.69 Å². The van der Waals surface area contributed by atoms with E-state index in [4.69, 9.17) is 9.47 Å². The van der Waals surface area contributed by atoms with Crippen molar-refractivity contribution >= 4 is 23.4 Å². The van der Waals surface area contributed by atoms with Gasteiger partial charge >= 0.3 is 0 Å². The minimum absolute atomic E-state index is 0.0364. The smallest absolute Gasteiger partial charge is 0.224 e. The topological polar surface area (TPSA) is 60.5 Å². The van der Waals surface area contributed by atoms with E-state index in [1.165, 1.54) is 5.56 Å². The van der Waals surface area contributed by atoms with Gasteiger partial charge in [0.25, 0.3) is 0 Å². The molecule has 0 aliphatic rings. The third-order valence-corrected chi connectivity index (χ3v) is 5.46. The van der Waals surface area contributed by atoms with Crippen LogP contribution in [0.15, 0.2) is 71.9 Å². The average molecular weight is 409 g/mol. The normalized spacial score (nSPS) is 10.4. The zero-order chi connectivity index (χ0) is 20.5. The fourth-order valence-electron chi connectivity index (χ4n) is 2.83. The number of pyridine rings is 1. The first-order chi connectivity index (χ1) is 14.2. The van der Waals surface area contributed by atoms with Gasteiger partial charge in [-0.3, -0.25) is 9.78 Å². The number of amides is 1. The predicted molar refractivity (Wildman–Crippen MR) is 117 cm³/mol. The monoisotopic (exact) mass is 408 g/mol. The molecule has 2 aromatic carbocycles. The van der Waals surface area contributed by atoms with Gasteiger partial charge in [0.1, 0.15) is 11.5 Å². The van der Waals surface area contributed by atoms with E-state index in [1.807, 2.05) is 54.7 Å². The number of aromatic nitrogens is 1. The van der Waals surface area contributed by atoms with Crippen molar-refractivity contribution in [3.8, 4) is 11.5 Å². The van der Waals surface area contributed by atoms with Gasteiger partial charge < -0.3 is 14.8 Å². The maximum atomic E-state index is 12.3. The lowest BCUT2D eigenvalue weighted by molar-refractivity contribution is -0.116. The highest BCUT2D eigenvalue weighted by Crippen LogP contribution is 2.26. The number of ether oxygens (including phenoxy) is 2. The number of nitrogens with zero attached hydrogens (tertiary/aromatic N) is 1. The summed E-state index contributed by atoms with van der Waals surface area (Å²) in [5.74, 6) is 2.34. The zero-order valence-corrected chi connectivity index (χ0v) is 17.4. The molecule has 3 rings (SSSR count). The Morgan fingerprint density at radius 2 is 1.90 bits per heavy atom. The predicted octanol–water partition coefficient (Wildman–Crippen LogP) is 4.96. The second kappa shape index (κ2) is 10.5. The van der Waals surface area contributed by atoms with Gasteiger partial charge in [-0.05, 0) is 66.1 Å². The Hall–Kier alpha value is -2.99. The van der Waals surface area contributed by atoms with E-state index in [0.29, 0.717) is 12.8 Å². The van der Waals surface area contributed by atoms with Crippen LogP contribution in [-0.4, -0.2) is 25.1 Å². The first kappa shape index (κ1) is 20.7. The Labute approximate surface area is 175 Å². The lowest BCUT2D eigenvalue weighted by Gasteiger charge is -2.11. The molecule has 0 unspecified atom stereocenters. The van der Waals surface area contributed by atoms with E-state index in [1.54, 1.807) is 32.2 Å². The molecule has 1 aromatic heterocycles. The zero-order valence-electron chi connectivity index (χ0n) is 16.6. The minimum Gasteiger partial charge on any atom is -0.497 e. The average Bonchev–Trinajstić information content (AvgIpc) is 2.77. The molecule has 1 amide bonds. The number of aryl methyl sites for hydroxylation is 1. The van der Waals surface area contributed by atoms with E-state index in [0.717, 1.165) is 33.4 Å². The van der Waals surface area contributed by atoms with Gasteiger partial charge in [0.05, 0.1) is 14.2 Å². The lowest BCUT2D eigenvalue weighted by Crippen LogP contribution is -2.12. The van der Waals surface area contributed by atoms with Crippen LogP contribution in [-0.2, 0) is 17.0 Å². The fourth-order valence-corrected chi connectivity index (χ4v) is 3.67. The first-order valence-corrected chi connectivity index (χ1v) is 10.3. The molecular formula is C23H24N2O3S. The van der Waals surface area contributed by atoms with Gasteiger partial charge in [0.15, 0.2) is 0 Å². The molecule has 0 saturated heterocycles. The van der Waals surface area contributed by atoms with Crippen molar-refractivity contribution in [1.29, 1.82) is 0 Å². The van der Waals surface area contributed by atoms with E-state index < -0.39 is 0 Å². The Kier molecular flexibility index (Phi) is 7.53. The largest absolute Gasteiger partial charge is 0.497 e. The summed E-state index contributed by atoms with van der Waals surface area (Å²) in [6, 6.07) is 17.5. The number of carbonyl (C=O) groups excluding carboxylic acids is 1. The van der Waals surface area contributed by atoms with E-state index in [9.17, 15) is 4.79 Å². The van der Waals surface area contributed by atoms with E-state index in [2.05, 4.69) is 16.4 Å². The van der Waals surface area contributed by atoms with Crippen LogP contribution < -0.4 is 14.8 Å². The third kappa shape index (κ3) is 6.26. The van der Waals surface area contributed by atoms with Crippen molar-refractivity contribution in [2.45, 2.75) is 23.5 Å². The molecule has 0 radical (unpaired) electrons. The van der Waals surface area contributed by atoms with Crippen molar-refractivity contribution in [3.05, 3.63) is 78.1 Å². The van der Waals surface area contributed by atoms with Crippen molar-refractivity contribution in [3.63, 3.8) is 0 Å². The van der Waals surface area contributed by atoms with Crippen LogP contribution in [0.5, 0.6) is 11.5 Å². The Balaban J connectivity index is 1.50. The number of nitrogens with one attached hydrogen (secondary N) is 1. The molecule has 29 heavy (non-hydrogen) atoms. The molecule has 0 atom stereocenters. The Morgan fingerprint density at radius 3 is 2.59 bits per heavy atom. The highest BCUT2D eigenvalue weighted by molar-refractivity contribution is 7.98. The number of rotatable bonds is 9. The Morgan fingerprint density at radius 1 is 1.07 bits per heavy atom. The molecule has 1 heterocycles. The molecule has 0 aliphatic carbocycles. The molecule has 3 aromatic rings. The summed E-state index contributed by atoms with van der Waals surface area (Å²) in [6.07, 6.45) is 4.58.